The largest absolute Gasteiger partial charge is 0.361 e. The topological polar surface area (TPSA) is 96.0 Å². The van der Waals surface area contributed by atoms with Crippen molar-refractivity contribution in [3.8, 4) is 6.07 Å². The van der Waals surface area contributed by atoms with Crippen molar-refractivity contribution in [2.24, 2.45) is 56.2 Å². The summed E-state index contributed by atoms with van der Waals surface area (Å²) in [7, 11) is 0. The fraction of sp³-hybridized carbons (Fsp3) is 0.778. The molecule has 0 spiro atoms. The molecule has 6 heteroatoms. The van der Waals surface area contributed by atoms with Crippen LogP contribution in [-0.4, -0.2) is 23.3 Å². The van der Waals surface area contributed by atoms with Crippen molar-refractivity contribution in [1.29, 1.82) is 5.26 Å². The van der Waals surface area contributed by atoms with Crippen LogP contribution in [-0.2, 0) is 16.1 Å². The molecule has 4 fully saturated rings. The molecule has 1 aromatic rings. The maximum atomic E-state index is 14.7. The number of hydrogen-bond donors (Lipinski definition) is 1. The number of nitrogens with zero attached hydrogens (tertiary/aromatic N) is 2. The molecule has 5 aliphatic carbocycles. The lowest BCUT2D eigenvalue weighted by molar-refractivity contribution is -0.222. The van der Waals surface area contributed by atoms with E-state index >= 15 is 0 Å². The van der Waals surface area contributed by atoms with E-state index in [1.807, 2.05) is 32.9 Å². The molecule has 6 rings (SSSR count). The third kappa shape index (κ3) is 4.01. The van der Waals surface area contributed by atoms with E-state index in [0.717, 1.165) is 56.5 Å². The average Bonchev–Trinajstić information content (AvgIpc) is 3.33. The first-order valence-corrected chi connectivity index (χ1v) is 16.4. The summed E-state index contributed by atoms with van der Waals surface area (Å²) in [6.45, 7) is 19.6. The number of aryl methyl sites for hydroxylation is 1. The maximum absolute atomic E-state index is 14.7. The summed E-state index contributed by atoms with van der Waals surface area (Å²) in [5.41, 5.74) is 0.456. The van der Waals surface area contributed by atoms with Crippen LogP contribution < -0.4 is 5.32 Å². The van der Waals surface area contributed by atoms with E-state index in [9.17, 15) is 14.9 Å². The molecule has 8 atom stereocenters. The highest BCUT2D eigenvalue weighted by Gasteiger charge is 2.72. The van der Waals surface area contributed by atoms with Crippen LogP contribution in [0.4, 0.5) is 0 Å². The number of rotatable bonds is 4. The first kappa shape index (κ1) is 29.8. The van der Waals surface area contributed by atoms with Gasteiger partial charge in [0.15, 0.2) is 5.78 Å². The van der Waals surface area contributed by atoms with Crippen LogP contribution in [0.1, 0.15) is 111 Å². The third-order valence-corrected chi connectivity index (χ3v) is 14.1. The van der Waals surface area contributed by atoms with E-state index in [0.29, 0.717) is 30.2 Å². The van der Waals surface area contributed by atoms with Crippen molar-refractivity contribution in [1.82, 2.24) is 10.5 Å². The molecule has 0 aliphatic heterocycles. The van der Waals surface area contributed by atoms with Crippen LogP contribution in [0.5, 0.6) is 0 Å². The highest BCUT2D eigenvalue weighted by Crippen LogP contribution is 2.75. The summed E-state index contributed by atoms with van der Waals surface area (Å²) in [6, 6.07) is 4.24. The second-order valence-corrected chi connectivity index (χ2v) is 17.1. The van der Waals surface area contributed by atoms with Gasteiger partial charge >= 0.3 is 0 Å². The Morgan fingerprint density at radius 3 is 2.38 bits per heavy atom. The fourth-order valence-corrected chi connectivity index (χ4v) is 11.7. The molecule has 1 aromatic heterocycles. The number of ketones is 2. The Bertz CT molecular complexity index is 1380. The van der Waals surface area contributed by atoms with Crippen LogP contribution in [0.25, 0.3) is 0 Å². The van der Waals surface area contributed by atoms with E-state index in [-0.39, 0.29) is 50.6 Å². The lowest BCUT2D eigenvalue weighted by Crippen LogP contribution is -2.69. The third-order valence-electron chi connectivity index (χ3n) is 14.1. The molecular weight excluding hydrogens is 522 g/mol. The normalized spacial score (nSPS) is 43.7. The van der Waals surface area contributed by atoms with E-state index in [1.165, 1.54) is 6.42 Å². The van der Waals surface area contributed by atoms with Gasteiger partial charge in [-0.2, -0.15) is 5.26 Å². The van der Waals surface area contributed by atoms with Crippen molar-refractivity contribution in [3.63, 3.8) is 0 Å². The standard InChI is InChI=1S/C36H51N3O3/c1-22-15-24(39-42-22)20-38-21-36-13-11-31(2,3)18-25(36)29-26(40)16-28-33(6)17-23(19-37)30(41)32(4,5)27(33)9-10-34(28,7)35(29,8)12-14-36/h15,17,25,27-29,38H,9-14,16,18,20-21H2,1-8H3/t25?,27?,28-,29?,33+,34-,35-,36-/m1/s1. The molecule has 6 nitrogen and oxygen atoms in total. The molecule has 0 amide bonds. The smallest absolute Gasteiger partial charge is 0.178 e. The van der Waals surface area contributed by atoms with Gasteiger partial charge in [-0.1, -0.05) is 59.7 Å². The van der Waals surface area contributed by atoms with Crippen LogP contribution >= 0.6 is 0 Å². The predicted molar refractivity (Wildman–Crippen MR) is 162 cm³/mol. The lowest BCUT2D eigenvalue weighted by atomic mass is 9.31. The molecule has 3 unspecified atom stereocenters. The Hall–Kier alpha value is -2.26. The van der Waals surface area contributed by atoms with E-state index in [1.54, 1.807) is 0 Å². The molecule has 4 saturated carbocycles. The van der Waals surface area contributed by atoms with Gasteiger partial charge in [-0.3, -0.25) is 9.59 Å². The molecular formula is C36H51N3O3. The van der Waals surface area contributed by atoms with E-state index in [4.69, 9.17) is 4.52 Å². The Morgan fingerprint density at radius 1 is 1.00 bits per heavy atom. The molecule has 0 saturated heterocycles. The molecule has 228 valence electrons. The van der Waals surface area contributed by atoms with Gasteiger partial charge in [0.1, 0.15) is 17.6 Å². The molecule has 1 N–H and O–H groups in total. The summed E-state index contributed by atoms with van der Waals surface area (Å²) in [4.78, 5) is 28.1. The highest BCUT2D eigenvalue weighted by atomic mass is 16.5. The van der Waals surface area contributed by atoms with Gasteiger partial charge in [-0.05, 0) is 96.7 Å². The van der Waals surface area contributed by atoms with Crippen molar-refractivity contribution < 1.29 is 14.1 Å². The van der Waals surface area contributed by atoms with Crippen molar-refractivity contribution in [2.45, 2.75) is 113 Å². The van der Waals surface area contributed by atoms with Crippen LogP contribution in [0.15, 0.2) is 22.2 Å². The van der Waals surface area contributed by atoms with Gasteiger partial charge in [-0.15, -0.1) is 0 Å². The molecule has 0 aromatic carbocycles. The monoisotopic (exact) mass is 573 g/mol. The summed E-state index contributed by atoms with van der Waals surface area (Å²) in [5, 5.41) is 17.9. The SMILES string of the molecule is Cc1cc(CNC[C@]23CCC(C)(C)CC2C2C(=O)C[C@@H]4[C@@]5(C)C=C(C#N)C(=O)C(C)(C)C5CC[C@@]4(C)[C@]2(C)CC3)no1. The number of allylic oxidation sites excluding steroid dienone is 2. The number of nitrogens with one attached hydrogen (secondary N) is 1. The molecule has 5 aliphatic rings. The van der Waals surface area contributed by atoms with Gasteiger partial charge < -0.3 is 9.84 Å². The zero-order valence-electron chi connectivity index (χ0n) is 27.2. The number of carbonyl (C=O) groups excluding carboxylic acids is 2. The zero-order chi connectivity index (χ0) is 30.5. The van der Waals surface area contributed by atoms with E-state index < -0.39 is 5.41 Å². The Kier molecular flexibility index (Phi) is 6.65. The Morgan fingerprint density at radius 2 is 1.71 bits per heavy atom. The van der Waals surface area contributed by atoms with Gasteiger partial charge in [-0.25, -0.2) is 0 Å². The highest BCUT2D eigenvalue weighted by molar-refractivity contribution is 6.04. The number of fused-ring (bicyclic) bond motifs is 7. The van der Waals surface area contributed by atoms with E-state index in [2.05, 4.69) is 51.2 Å². The number of nitriles is 1. The second-order valence-electron chi connectivity index (χ2n) is 17.1. The first-order valence-electron chi connectivity index (χ1n) is 16.4. The molecule has 0 radical (unpaired) electrons. The minimum atomic E-state index is -0.597. The Labute approximate surface area is 252 Å². The lowest BCUT2D eigenvalue weighted by Gasteiger charge is -2.72. The molecule has 0 bridgehead atoms. The van der Waals surface area contributed by atoms with Gasteiger partial charge in [0.05, 0.1) is 11.3 Å². The predicted octanol–water partition coefficient (Wildman–Crippen LogP) is 7.37. The summed E-state index contributed by atoms with van der Waals surface area (Å²) in [6.07, 6.45) is 10.2. The number of hydrogen-bond acceptors (Lipinski definition) is 6. The summed E-state index contributed by atoms with van der Waals surface area (Å²) >= 11 is 0. The minimum absolute atomic E-state index is 0.0255. The van der Waals surface area contributed by atoms with Gasteiger partial charge in [0.25, 0.3) is 0 Å². The van der Waals surface area contributed by atoms with Crippen molar-refractivity contribution in [2.75, 3.05) is 6.54 Å². The quantitative estimate of drug-likeness (QED) is 0.404. The number of aromatic nitrogens is 1. The summed E-state index contributed by atoms with van der Waals surface area (Å²) in [5.74, 6) is 1.90. The van der Waals surface area contributed by atoms with Crippen LogP contribution in [0, 0.1) is 74.4 Å². The fourth-order valence-electron chi connectivity index (χ4n) is 11.7. The zero-order valence-corrected chi connectivity index (χ0v) is 27.2. The number of Topliss-reactive ketones (excluding diaryl/α,β-unsaturated/α-hetero) is 2. The maximum Gasteiger partial charge on any atom is 0.178 e. The van der Waals surface area contributed by atoms with Crippen molar-refractivity contribution in [3.05, 3.63) is 29.2 Å². The first-order chi connectivity index (χ1) is 19.5. The molecule has 42 heavy (non-hydrogen) atoms. The molecule has 1 heterocycles. The minimum Gasteiger partial charge on any atom is -0.361 e. The van der Waals surface area contributed by atoms with Gasteiger partial charge in [0.2, 0.25) is 0 Å². The Balaban J connectivity index is 1.37. The number of carbonyl (C=O) groups is 2. The average molecular weight is 574 g/mol. The van der Waals surface area contributed by atoms with Crippen molar-refractivity contribution >= 4 is 11.6 Å². The second kappa shape index (κ2) is 9.37. The van der Waals surface area contributed by atoms with Crippen LogP contribution in [0.3, 0.4) is 0 Å². The summed E-state index contributed by atoms with van der Waals surface area (Å²) < 4.78 is 5.30. The van der Waals surface area contributed by atoms with Crippen LogP contribution in [0.2, 0.25) is 0 Å². The van der Waals surface area contributed by atoms with Gasteiger partial charge in [0, 0.05) is 36.9 Å².